The molecule has 3 aromatic carbocycles. The number of rotatable bonds is 7. The average Bonchev–Trinajstić information content (AvgIpc) is 2.72. The summed E-state index contributed by atoms with van der Waals surface area (Å²) < 4.78 is 98.2. The molecular weight excluding hydrogens is 483 g/mol. The van der Waals surface area contributed by atoms with Gasteiger partial charge in [-0.3, -0.25) is 9.52 Å². The summed E-state index contributed by atoms with van der Waals surface area (Å²) in [5.74, 6) is -3.00. The summed E-state index contributed by atoms with van der Waals surface area (Å²) in [6.07, 6.45) is -4.58. The third-order valence-corrected chi connectivity index (χ3v) is 5.75. The SMILES string of the molecule is CCNC(=O)c1cc(S(=O)(=O)Nc2ccc(C(F)(F)F)cc2)ccc1Oc1cc(F)cc(F)c1. The minimum Gasteiger partial charge on any atom is -0.456 e. The van der Waals surface area contributed by atoms with Crippen molar-refractivity contribution in [1.29, 1.82) is 0 Å². The Balaban J connectivity index is 1.94. The monoisotopic (exact) mass is 500 g/mol. The van der Waals surface area contributed by atoms with Gasteiger partial charge in [0.15, 0.2) is 0 Å². The molecule has 0 fully saturated rings. The van der Waals surface area contributed by atoms with E-state index in [0.29, 0.717) is 18.2 Å². The van der Waals surface area contributed by atoms with Gasteiger partial charge in [0.25, 0.3) is 15.9 Å². The summed E-state index contributed by atoms with van der Waals surface area (Å²) in [7, 11) is -4.32. The molecule has 34 heavy (non-hydrogen) atoms. The van der Waals surface area contributed by atoms with Gasteiger partial charge in [0.1, 0.15) is 23.1 Å². The van der Waals surface area contributed by atoms with Crippen LogP contribution in [0.25, 0.3) is 0 Å². The maximum Gasteiger partial charge on any atom is 0.416 e. The summed E-state index contributed by atoms with van der Waals surface area (Å²) >= 11 is 0. The Kier molecular flexibility index (Phi) is 7.10. The van der Waals surface area contributed by atoms with Crippen molar-refractivity contribution in [3.8, 4) is 11.5 Å². The van der Waals surface area contributed by atoms with Crippen LogP contribution in [0.5, 0.6) is 11.5 Å². The Morgan fingerprint density at radius 1 is 0.941 bits per heavy atom. The van der Waals surface area contributed by atoms with Gasteiger partial charge in [0.2, 0.25) is 0 Å². The van der Waals surface area contributed by atoms with E-state index in [4.69, 9.17) is 4.74 Å². The second-order valence-electron chi connectivity index (χ2n) is 6.91. The fraction of sp³-hybridized carbons (Fsp3) is 0.136. The van der Waals surface area contributed by atoms with Gasteiger partial charge in [0, 0.05) is 30.4 Å². The zero-order chi connectivity index (χ0) is 25.1. The van der Waals surface area contributed by atoms with E-state index >= 15 is 0 Å². The highest BCUT2D eigenvalue weighted by molar-refractivity contribution is 7.92. The van der Waals surface area contributed by atoms with Crippen LogP contribution in [0.3, 0.4) is 0 Å². The molecule has 0 aliphatic heterocycles. The van der Waals surface area contributed by atoms with Gasteiger partial charge in [-0.1, -0.05) is 0 Å². The quantitative estimate of drug-likeness (QED) is 0.430. The molecule has 0 saturated carbocycles. The number of carbonyl (C=O) groups is 1. The van der Waals surface area contributed by atoms with Crippen molar-refractivity contribution >= 4 is 21.6 Å². The first kappa shape index (κ1) is 25.0. The zero-order valence-electron chi connectivity index (χ0n) is 17.4. The Hall–Kier alpha value is -3.67. The number of hydrogen-bond acceptors (Lipinski definition) is 4. The number of anilines is 1. The van der Waals surface area contributed by atoms with Crippen LogP contribution in [0.2, 0.25) is 0 Å². The van der Waals surface area contributed by atoms with Gasteiger partial charge in [-0.25, -0.2) is 17.2 Å². The van der Waals surface area contributed by atoms with Gasteiger partial charge in [-0.15, -0.1) is 0 Å². The van der Waals surface area contributed by atoms with E-state index in [9.17, 15) is 35.2 Å². The molecule has 0 spiro atoms. The minimum atomic E-state index is -4.58. The van der Waals surface area contributed by atoms with Crippen molar-refractivity contribution in [1.82, 2.24) is 5.32 Å². The summed E-state index contributed by atoms with van der Waals surface area (Å²) in [5, 5.41) is 2.47. The molecule has 0 atom stereocenters. The third-order valence-electron chi connectivity index (χ3n) is 4.37. The lowest BCUT2D eigenvalue weighted by atomic mass is 10.2. The second kappa shape index (κ2) is 9.67. The normalized spacial score (nSPS) is 11.7. The fourth-order valence-corrected chi connectivity index (χ4v) is 3.94. The summed E-state index contributed by atoms with van der Waals surface area (Å²) in [5.41, 5.74) is -1.34. The molecule has 0 radical (unpaired) electrons. The smallest absolute Gasteiger partial charge is 0.416 e. The number of carbonyl (C=O) groups excluding carboxylic acids is 1. The van der Waals surface area contributed by atoms with Crippen molar-refractivity contribution < 1.29 is 39.9 Å². The Morgan fingerprint density at radius 2 is 1.56 bits per heavy atom. The number of benzene rings is 3. The largest absolute Gasteiger partial charge is 0.456 e. The summed E-state index contributed by atoms with van der Waals surface area (Å²) in [6.45, 7) is 1.81. The molecule has 0 heterocycles. The molecule has 2 N–H and O–H groups in total. The molecule has 3 aromatic rings. The van der Waals surface area contributed by atoms with E-state index in [0.717, 1.165) is 42.5 Å². The molecule has 0 aliphatic rings. The molecule has 3 rings (SSSR count). The number of alkyl halides is 3. The maximum atomic E-state index is 13.5. The fourth-order valence-electron chi connectivity index (χ4n) is 2.85. The van der Waals surface area contributed by atoms with E-state index < -0.39 is 44.2 Å². The van der Waals surface area contributed by atoms with Crippen LogP contribution in [-0.2, 0) is 16.2 Å². The lowest BCUT2D eigenvalue weighted by Crippen LogP contribution is -2.24. The topological polar surface area (TPSA) is 84.5 Å². The Bertz CT molecular complexity index is 1290. The third kappa shape index (κ3) is 6.01. The van der Waals surface area contributed by atoms with Crippen molar-refractivity contribution in [3.63, 3.8) is 0 Å². The number of sulfonamides is 1. The molecule has 12 heteroatoms. The van der Waals surface area contributed by atoms with Crippen molar-refractivity contribution in [2.75, 3.05) is 11.3 Å². The lowest BCUT2D eigenvalue weighted by Gasteiger charge is -2.14. The number of ether oxygens (including phenoxy) is 1. The Morgan fingerprint density at radius 3 is 2.12 bits per heavy atom. The number of hydrogen-bond donors (Lipinski definition) is 2. The minimum absolute atomic E-state index is 0.136. The van der Waals surface area contributed by atoms with E-state index in [1.807, 2.05) is 0 Å². The van der Waals surface area contributed by atoms with Crippen LogP contribution in [0.4, 0.5) is 27.6 Å². The standard InChI is InChI=1S/C22H17F5N2O4S/c1-2-28-21(30)19-12-18(7-8-20(19)33-17-10-14(23)9-15(24)11-17)34(31,32)29-16-5-3-13(4-6-16)22(25,26)27/h3-12,29H,2H2,1H3,(H,28,30). The average molecular weight is 500 g/mol. The van der Waals surface area contributed by atoms with E-state index in [1.54, 1.807) is 6.92 Å². The van der Waals surface area contributed by atoms with Crippen LogP contribution in [0, 0.1) is 11.6 Å². The molecule has 0 saturated heterocycles. The molecule has 0 aromatic heterocycles. The van der Waals surface area contributed by atoms with Gasteiger partial charge in [-0.2, -0.15) is 13.2 Å². The van der Waals surface area contributed by atoms with Crippen LogP contribution >= 0.6 is 0 Å². The van der Waals surface area contributed by atoms with Gasteiger partial charge in [-0.05, 0) is 49.4 Å². The number of nitrogens with one attached hydrogen (secondary N) is 2. The first-order valence-electron chi connectivity index (χ1n) is 9.65. The molecule has 0 unspecified atom stereocenters. The van der Waals surface area contributed by atoms with Crippen LogP contribution < -0.4 is 14.8 Å². The number of halogens is 5. The molecule has 0 aliphatic carbocycles. The van der Waals surface area contributed by atoms with Gasteiger partial charge in [0.05, 0.1) is 16.0 Å². The Labute approximate surface area is 191 Å². The summed E-state index contributed by atoms with van der Waals surface area (Å²) in [4.78, 5) is 12.1. The molecule has 1 amide bonds. The highest BCUT2D eigenvalue weighted by Crippen LogP contribution is 2.32. The van der Waals surface area contributed by atoms with Gasteiger partial charge >= 0.3 is 6.18 Å². The maximum absolute atomic E-state index is 13.5. The van der Waals surface area contributed by atoms with Crippen LogP contribution in [0.15, 0.2) is 65.6 Å². The first-order valence-corrected chi connectivity index (χ1v) is 11.1. The zero-order valence-corrected chi connectivity index (χ0v) is 18.2. The highest BCUT2D eigenvalue weighted by atomic mass is 32.2. The molecule has 180 valence electrons. The van der Waals surface area contributed by atoms with Crippen molar-refractivity contribution in [2.45, 2.75) is 18.0 Å². The molecular formula is C22H17F5N2O4S. The van der Waals surface area contributed by atoms with E-state index in [-0.39, 0.29) is 29.3 Å². The van der Waals surface area contributed by atoms with Crippen LogP contribution in [-0.4, -0.2) is 20.9 Å². The second-order valence-corrected chi connectivity index (χ2v) is 8.59. The predicted octanol–water partition coefficient (Wildman–Crippen LogP) is 5.33. The predicted molar refractivity (Wildman–Crippen MR) is 113 cm³/mol. The van der Waals surface area contributed by atoms with Crippen molar-refractivity contribution in [2.24, 2.45) is 0 Å². The van der Waals surface area contributed by atoms with Crippen LogP contribution in [0.1, 0.15) is 22.8 Å². The molecule has 6 nitrogen and oxygen atoms in total. The molecule has 0 bridgehead atoms. The van der Waals surface area contributed by atoms with Crippen molar-refractivity contribution in [3.05, 3.63) is 83.4 Å². The first-order chi connectivity index (χ1) is 15.9. The number of amides is 1. The van der Waals surface area contributed by atoms with E-state index in [2.05, 4.69) is 10.0 Å². The lowest BCUT2D eigenvalue weighted by molar-refractivity contribution is -0.137. The summed E-state index contributed by atoms with van der Waals surface area (Å²) in [6, 6.07) is 8.86. The highest BCUT2D eigenvalue weighted by Gasteiger charge is 2.30. The van der Waals surface area contributed by atoms with E-state index in [1.165, 1.54) is 0 Å². The van der Waals surface area contributed by atoms with Gasteiger partial charge < -0.3 is 10.1 Å².